The highest BCUT2D eigenvalue weighted by Crippen LogP contribution is 2.50. The Balaban J connectivity index is 2.51. The third-order valence-corrected chi connectivity index (χ3v) is 6.29. The molecule has 0 aromatic heterocycles. The lowest BCUT2D eigenvalue weighted by Gasteiger charge is -2.14. The van der Waals surface area contributed by atoms with Crippen LogP contribution in [0.15, 0.2) is 29.7 Å². The number of aryl methyl sites for hydroxylation is 3. The Morgan fingerprint density at radius 2 is 1.87 bits per heavy atom. The van der Waals surface area contributed by atoms with Crippen LogP contribution in [0.4, 0.5) is 0 Å². The van der Waals surface area contributed by atoms with Crippen molar-refractivity contribution in [2.24, 2.45) is 5.92 Å². The molecule has 4 nitrogen and oxygen atoms in total. The predicted octanol–water partition coefficient (Wildman–Crippen LogP) is 3.07. The average Bonchev–Trinajstić information content (AvgIpc) is 3.15. The van der Waals surface area contributed by atoms with E-state index in [0.29, 0.717) is 0 Å². The fourth-order valence-electron chi connectivity index (χ4n) is 3.53. The van der Waals surface area contributed by atoms with Crippen molar-refractivity contribution in [1.82, 2.24) is 4.31 Å². The van der Waals surface area contributed by atoms with Crippen molar-refractivity contribution in [3.8, 4) is 0 Å². The Hall–Kier alpha value is -1.46. The van der Waals surface area contributed by atoms with Crippen LogP contribution in [-0.4, -0.2) is 33.2 Å². The lowest BCUT2D eigenvalue weighted by molar-refractivity contribution is -0.143. The molecule has 0 saturated carbocycles. The summed E-state index contributed by atoms with van der Waals surface area (Å²) in [6, 6.07) is 3.86. The second-order valence-corrected chi connectivity index (χ2v) is 7.81. The van der Waals surface area contributed by atoms with Gasteiger partial charge in [-0.2, -0.15) is 4.31 Å². The Bertz CT molecular complexity index is 660. The summed E-state index contributed by atoms with van der Waals surface area (Å²) in [6.45, 7) is 13.8. The summed E-state index contributed by atoms with van der Waals surface area (Å²) in [6.07, 6.45) is 1.57. The van der Waals surface area contributed by atoms with Crippen LogP contribution in [0.2, 0.25) is 0 Å². The number of nitrogens with zero attached hydrogens (tertiary/aromatic N) is 1. The van der Waals surface area contributed by atoms with Gasteiger partial charge in [0.2, 0.25) is 0 Å². The molecule has 1 fully saturated rings. The summed E-state index contributed by atoms with van der Waals surface area (Å²) < 4.78 is 19.9. The van der Waals surface area contributed by atoms with Gasteiger partial charge >= 0.3 is 5.97 Å². The van der Waals surface area contributed by atoms with Gasteiger partial charge in [0.05, 0.1) is 18.0 Å². The van der Waals surface area contributed by atoms with Crippen LogP contribution in [-0.2, 0) is 20.5 Å². The molecule has 1 saturated heterocycles. The molecule has 5 heteroatoms. The molecule has 0 spiro atoms. The third kappa shape index (κ3) is 2.66. The number of carbonyl (C=O) groups excluding carboxylic acids is 1. The Labute approximate surface area is 141 Å². The van der Waals surface area contributed by atoms with Crippen molar-refractivity contribution in [1.29, 1.82) is 0 Å². The summed E-state index contributed by atoms with van der Waals surface area (Å²) in [7, 11) is -0.0824. The molecule has 126 valence electrons. The molecule has 1 aromatic carbocycles. The quantitative estimate of drug-likeness (QED) is 0.472. The number of rotatable bonds is 5. The minimum absolute atomic E-state index is 0.155. The molecule has 1 heterocycles. The molecule has 2 rings (SSSR count). The molecule has 2 unspecified atom stereocenters. The van der Waals surface area contributed by atoms with Gasteiger partial charge in [0.1, 0.15) is 11.0 Å². The van der Waals surface area contributed by atoms with Crippen molar-refractivity contribution >= 4 is 17.0 Å². The lowest BCUT2D eigenvalue weighted by Crippen LogP contribution is -2.31. The number of carbonyl (C=O) groups is 1. The monoisotopic (exact) mass is 335 g/mol. The van der Waals surface area contributed by atoms with Crippen molar-refractivity contribution in [3.05, 3.63) is 41.5 Å². The molecule has 0 N–H and O–H groups in total. The van der Waals surface area contributed by atoms with E-state index in [4.69, 9.17) is 4.74 Å². The highest BCUT2D eigenvalue weighted by atomic mass is 32.2. The standard InChI is InChI=1S/C18H25NO3S/c1-8-18(17(20)22-7)16(11(2)3)19(18)23(21)15-13(5)9-12(4)10-14(15)6/h8-11,16H,1H2,2-7H3/t16-,18+,19?,23?/m0/s1. The van der Waals surface area contributed by atoms with E-state index in [0.717, 1.165) is 21.6 Å². The zero-order valence-corrected chi connectivity index (χ0v) is 15.5. The topological polar surface area (TPSA) is 46.4 Å². The second-order valence-electron chi connectivity index (χ2n) is 6.51. The smallest absolute Gasteiger partial charge is 0.332 e. The molecule has 0 radical (unpaired) electrons. The third-order valence-electron chi connectivity index (χ3n) is 4.41. The van der Waals surface area contributed by atoms with E-state index in [-0.39, 0.29) is 12.0 Å². The van der Waals surface area contributed by atoms with Crippen molar-refractivity contribution < 1.29 is 13.7 Å². The van der Waals surface area contributed by atoms with Crippen LogP contribution in [0.3, 0.4) is 0 Å². The number of esters is 1. The molecule has 23 heavy (non-hydrogen) atoms. The van der Waals surface area contributed by atoms with E-state index >= 15 is 0 Å². The first kappa shape index (κ1) is 17.9. The Kier molecular flexibility index (Phi) is 4.83. The highest BCUT2D eigenvalue weighted by Gasteiger charge is 2.71. The SMILES string of the molecule is C=C[C@]1(C(=O)OC)[C@H](C(C)C)N1S(=O)c1c(C)cc(C)cc1C. The van der Waals surface area contributed by atoms with E-state index in [1.165, 1.54) is 7.11 Å². The van der Waals surface area contributed by atoms with Crippen LogP contribution in [0.25, 0.3) is 0 Å². The van der Waals surface area contributed by atoms with Crippen LogP contribution in [0.5, 0.6) is 0 Å². The van der Waals surface area contributed by atoms with Gasteiger partial charge in [-0.05, 0) is 37.8 Å². The molecule has 1 aliphatic heterocycles. The van der Waals surface area contributed by atoms with Gasteiger partial charge in [0.25, 0.3) is 0 Å². The molecule has 0 aliphatic carbocycles. The van der Waals surface area contributed by atoms with E-state index in [9.17, 15) is 9.00 Å². The van der Waals surface area contributed by atoms with E-state index in [2.05, 4.69) is 6.58 Å². The van der Waals surface area contributed by atoms with Gasteiger partial charge in [0.15, 0.2) is 5.54 Å². The molecule has 0 amide bonds. The zero-order chi connectivity index (χ0) is 17.5. The predicted molar refractivity (Wildman–Crippen MR) is 92.5 cm³/mol. The van der Waals surface area contributed by atoms with Gasteiger partial charge in [-0.25, -0.2) is 9.00 Å². The number of ether oxygens (including phenoxy) is 1. The molecular weight excluding hydrogens is 310 g/mol. The van der Waals surface area contributed by atoms with Crippen molar-refractivity contribution in [2.75, 3.05) is 7.11 Å². The van der Waals surface area contributed by atoms with Crippen molar-refractivity contribution in [2.45, 2.75) is 51.1 Å². The average molecular weight is 335 g/mol. The fraction of sp³-hybridized carbons (Fsp3) is 0.500. The first-order chi connectivity index (χ1) is 10.7. The first-order valence-corrected chi connectivity index (χ1v) is 8.84. The fourth-order valence-corrected chi connectivity index (χ4v) is 5.49. The van der Waals surface area contributed by atoms with E-state index < -0.39 is 22.5 Å². The van der Waals surface area contributed by atoms with Crippen LogP contribution in [0.1, 0.15) is 30.5 Å². The van der Waals surface area contributed by atoms with Gasteiger partial charge < -0.3 is 4.74 Å². The number of hydrogen-bond acceptors (Lipinski definition) is 3. The first-order valence-electron chi connectivity index (χ1n) is 7.73. The van der Waals surface area contributed by atoms with Gasteiger partial charge in [-0.3, -0.25) is 0 Å². The molecule has 1 aromatic rings. The zero-order valence-electron chi connectivity index (χ0n) is 14.7. The van der Waals surface area contributed by atoms with Crippen LogP contribution in [0, 0.1) is 26.7 Å². The molecule has 1 aliphatic rings. The maximum absolute atomic E-state index is 13.3. The summed E-state index contributed by atoms with van der Waals surface area (Å²) in [5, 5.41) is 0. The van der Waals surface area contributed by atoms with E-state index in [1.807, 2.05) is 46.8 Å². The van der Waals surface area contributed by atoms with Crippen molar-refractivity contribution in [3.63, 3.8) is 0 Å². The van der Waals surface area contributed by atoms with Crippen LogP contribution < -0.4 is 0 Å². The minimum Gasteiger partial charge on any atom is -0.467 e. The highest BCUT2D eigenvalue weighted by molar-refractivity contribution is 7.83. The Morgan fingerprint density at radius 3 is 2.26 bits per heavy atom. The second kappa shape index (κ2) is 6.21. The maximum Gasteiger partial charge on any atom is 0.332 e. The normalized spacial score (nSPS) is 27.6. The number of hydrogen-bond donors (Lipinski definition) is 0. The summed E-state index contributed by atoms with van der Waals surface area (Å²) in [4.78, 5) is 13.1. The molecular formula is C18H25NO3S. The maximum atomic E-state index is 13.3. The summed E-state index contributed by atoms with van der Waals surface area (Å²) in [5.74, 6) is -0.246. The van der Waals surface area contributed by atoms with Crippen LogP contribution >= 0.6 is 0 Å². The largest absolute Gasteiger partial charge is 0.467 e. The molecule has 4 atom stereocenters. The van der Waals surface area contributed by atoms with Gasteiger partial charge in [-0.15, -0.1) is 6.58 Å². The van der Waals surface area contributed by atoms with Gasteiger partial charge in [0, 0.05) is 0 Å². The number of benzene rings is 1. The molecule has 0 bridgehead atoms. The lowest BCUT2D eigenvalue weighted by atomic mass is 9.97. The Morgan fingerprint density at radius 1 is 1.35 bits per heavy atom. The van der Waals surface area contributed by atoms with Gasteiger partial charge in [-0.1, -0.05) is 37.6 Å². The summed E-state index contributed by atoms with van der Waals surface area (Å²) in [5.41, 5.74) is 2.07. The minimum atomic E-state index is -1.44. The summed E-state index contributed by atoms with van der Waals surface area (Å²) >= 11 is 0. The van der Waals surface area contributed by atoms with E-state index in [1.54, 1.807) is 10.4 Å². The number of methoxy groups -OCH3 is 1.